The number of carbonyl (C=O) groups is 2. The van der Waals surface area contributed by atoms with E-state index >= 15 is 0 Å². The Morgan fingerprint density at radius 1 is 1.00 bits per heavy atom. The lowest BCUT2D eigenvalue weighted by Crippen LogP contribution is -2.22. The molecule has 5 rings (SSSR count). The molecule has 0 fully saturated rings. The third-order valence-corrected chi connectivity index (χ3v) is 9.00. The topological polar surface area (TPSA) is 144 Å². The van der Waals surface area contributed by atoms with Crippen LogP contribution in [0.25, 0.3) is 0 Å². The largest absolute Gasteiger partial charge is 0.347 e. The summed E-state index contributed by atoms with van der Waals surface area (Å²) in [5, 5.41) is 5.29. The molecule has 0 saturated heterocycles. The van der Waals surface area contributed by atoms with Crippen LogP contribution in [-0.4, -0.2) is 30.2 Å². The number of amides is 2. The zero-order valence-corrected chi connectivity index (χ0v) is 22.2. The number of sulfone groups is 1. The van der Waals surface area contributed by atoms with E-state index in [-0.39, 0.29) is 33.2 Å². The molecule has 2 aromatic heterocycles. The van der Waals surface area contributed by atoms with Gasteiger partial charge in [-0.15, -0.1) is 22.7 Å². The molecule has 0 saturated carbocycles. The highest BCUT2D eigenvalue weighted by atomic mass is 35.5. The van der Waals surface area contributed by atoms with Crippen LogP contribution in [0.4, 0.5) is 5.69 Å². The van der Waals surface area contributed by atoms with Gasteiger partial charge in [0.1, 0.15) is 0 Å². The number of nitrogens with one attached hydrogen (secondary N) is 2. The van der Waals surface area contributed by atoms with Gasteiger partial charge >= 0.3 is 0 Å². The number of hydrogen-bond donors (Lipinski definition) is 3. The van der Waals surface area contributed by atoms with Crippen LogP contribution in [0, 0.1) is 0 Å². The maximum atomic E-state index is 12.9. The number of halogens is 2. The Kier molecular flexibility index (Phi) is 8.03. The molecule has 36 heavy (non-hydrogen) atoms. The normalized spacial score (nSPS) is 13.4. The lowest BCUT2D eigenvalue weighted by molar-refractivity contribution is 0.0949. The standard InChI is InChI=1S/C18H12ClN3O4S2.C4H5ClN2S/c19-18-21-9-11(27-18)8-20-16(23)10-5-6-15-13(7-10)22-17(24)12-3-1-2-4-14(12)28(15,25)26;5-4-7-2-3(1-6)8-4/h1-7,9H,8H2,(H,20,23)(H,22,24);2H,1,6H2. The molecule has 0 bridgehead atoms. The maximum absolute atomic E-state index is 12.9. The second kappa shape index (κ2) is 11.0. The van der Waals surface area contributed by atoms with Crippen molar-refractivity contribution in [3.63, 3.8) is 0 Å². The Balaban J connectivity index is 0.000000325. The van der Waals surface area contributed by atoms with Crippen molar-refractivity contribution in [3.8, 4) is 0 Å². The summed E-state index contributed by atoms with van der Waals surface area (Å²) in [6, 6.07) is 10.1. The summed E-state index contributed by atoms with van der Waals surface area (Å²) in [7, 11) is -3.90. The highest BCUT2D eigenvalue weighted by molar-refractivity contribution is 7.91. The molecule has 4 aromatic rings. The molecule has 2 amide bonds. The number of benzene rings is 2. The SMILES string of the molecule is NCc1cnc(Cl)s1.O=C(NCc1cnc(Cl)s1)c1ccc2c(c1)NC(=O)c1ccccc1S2(=O)=O. The molecule has 1 aliphatic rings. The fraction of sp³-hybridized carbons (Fsp3) is 0.0909. The molecular formula is C22H17Cl2N5O4S3. The van der Waals surface area contributed by atoms with E-state index in [1.807, 2.05) is 0 Å². The maximum Gasteiger partial charge on any atom is 0.257 e. The number of fused-ring (bicyclic) bond motifs is 2. The van der Waals surface area contributed by atoms with Crippen molar-refractivity contribution in [2.45, 2.75) is 22.9 Å². The second-order valence-corrected chi connectivity index (χ2v) is 12.5. The number of anilines is 1. The first kappa shape index (κ1) is 26.2. The van der Waals surface area contributed by atoms with Crippen molar-refractivity contribution in [3.05, 3.63) is 84.7 Å². The summed E-state index contributed by atoms with van der Waals surface area (Å²) in [6.45, 7) is 0.765. The first-order chi connectivity index (χ1) is 17.2. The molecule has 1 aliphatic heterocycles. The van der Waals surface area contributed by atoms with E-state index in [1.165, 1.54) is 53.0 Å². The minimum absolute atomic E-state index is 0.0587. The van der Waals surface area contributed by atoms with Crippen LogP contribution in [0.15, 0.2) is 64.6 Å². The lowest BCUT2D eigenvalue weighted by atomic mass is 10.1. The van der Waals surface area contributed by atoms with E-state index in [2.05, 4.69) is 20.6 Å². The van der Waals surface area contributed by atoms with Gasteiger partial charge in [-0.25, -0.2) is 18.4 Å². The zero-order valence-electron chi connectivity index (χ0n) is 18.2. The van der Waals surface area contributed by atoms with Crippen LogP contribution in [-0.2, 0) is 22.9 Å². The average Bonchev–Trinajstić information content (AvgIpc) is 3.48. The van der Waals surface area contributed by atoms with Crippen LogP contribution < -0.4 is 16.4 Å². The van der Waals surface area contributed by atoms with Crippen LogP contribution in [0.3, 0.4) is 0 Å². The Morgan fingerprint density at radius 2 is 1.67 bits per heavy atom. The van der Waals surface area contributed by atoms with Crippen molar-refractivity contribution in [2.24, 2.45) is 5.73 Å². The molecule has 2 aromatic carbocycles. The van der Waals surface area contributed by atoms with E-state index in [0.717, 1.165) is 9.75 Å². The zero-order chi connectivity index (χ0) is 25.9. The van der Waals surface area contributed by atoms with E-state index < -0.39 is 21.7 Å². The first-order valence-electron chi connectivity index (χ1n) is 10.2. The van der Waals surface area contributed by atoms with Gasteiger partial charge in [0, 0.05) is 34.3 Å². The third kappa shape index (κ3) is 5.75. The first-order valence-corrected chi connectivity index (χ1v) is 14.0. The predicted octanol–water partition coefficient (Wildman–Crippen LogP) is 4.38. The van der Waals surface area contributed by atoms with Gasteiger partial charge < -0.3 is 16.4 Å². The van der Waals surface area contributed by atoms with Gasteiger partial charge in [-0.3, -0.25) is 9.59 Å². The van der Waals surface area contributed by atoms with Gasteiger partial charge in [0.2, 0.25) is 9.84 Å². The van der Waals surface area contributed by atoms with Gasteiger partial charge in [0.15, 0.2) is 8.93 Å². The van der Waals surface area contributed by atoms with Gasteiger partial charge in [0.25, 0.3) is 11.8 Å². The summed E-state index contributed by atoms with van der Waals surface area (Å²) in [5.74, 6) is -0.962. The fourth-order valence-electron chi connectivity index (χ4n) is 3.21. The Bertz CT molecular complexity index is 1550. The number of thiazole rings is 2. The number of rotatable bonds is 4. The molecule has 0 spiro atoms. The molecule has 0 aliphatic carbocycles. The van der Waals surface area contributed by atoms with E-state index in [1.54, 1.807) is 24.5 Å². The number of hydrogen-bond acceptors (Lipinski definition) is 9. The number of nitrogens with two attached hydrogens (primary N) is 1. The second-order valence-electron chi connectivity index (χ2n) is 7.21. The van der Waals surface area contributed by atoms with Gasteiger partial charge in [-0.1, -0.05) is 35.3 Å². The molecule has 4 N–H and O–H groups in total. The molecule has 9 nitrogen and oxygen atoms in total. The number of carbonyl (C=O) groups excluding carboxylic acids is 2. The van der Waals surface area contributed by atoms with E-state index in [4.69, 9.17) is 28.9 Å². The average molecular weight is 583 g/mol. The fourth-order valence-corrected chi connectivity index (χ4v) is 6.58. The Labute approximate surface area is 224 Å². The summed E-state index contributed by atoms with van der Waals surface area (Å²) in [4.78, 5) is 34.3. The molecule has 14 heteroatoms. The number of aromatic nitrogens is 2. The smallest absolute Gasteiger partial charge is 0.257 e. The minimum atomic E-state index is -3.90. The third-order valence-electron chi connectivity index (χ3n) is 4.88. The van der Waals surface area contributed by atoms with Crippen molar-refractivity contribution in [1.82, 2.24) is 15.3 Å². The minimum Gasteiger partial charge on any atom is -0.347 e. The quantitative estimate of drug-likeness (QED) is 0.324. The molecular weight excluding hydrogens is 565 g/mol. The Hall–Kier alpha value is -2.87. The van der Waals surface area contributed by atoms with Gasteiger partial charge in [-0.05, 0) is 30.3 Å². The van der Waals surface area contributed by atoms with Crippen molar-refractivity contribution < 1.29 is 18.0 Å². The number of nitrogens with zero attached hydrogens (tertiary/aromatic N) is 2. The van der Waals surface area contributed by atoms with Crippen LogP contribution >= 0.6 is 45.9 Å². The summed E-state index contributed by atoms with van der Waals surface area (Å²) in [5.41, 5.74) is 5.62. The monoisotopic (exact) mass is 581 g/mol. The summed E-state index contributed by atoms with van der Waals surface area (Å²) >= 11 is 13.9. The van der Waals surface area contributed by atoms with Crippen LogP contribution in [0.1, 0.15) is 30.5 Å². The van der Waals surface area contributed by atoms with E-state index in [9.17, 15) is 18.0 Å². The highest BCUT2D eigenvalue weighted by Gasteiger charge is 2.31. The van der Waals surface area contributed by atoms with Crippen LogP contribution in [0.5, 0.6) is 0 Å². The highest BCUT2D eigenvalue weighted by Crippen LogP contribution is 2.34. The predicted molar refractivity (Wildman–Crippen MR) is 140 cm³/mol. The van der Waals surface area contributed by atoms with Crippen molar-refractivity contribution in [1.29, 1.82) is 0 Å². The molecule has 186 valence electrons. The molecule has 0 atom stereocenters. The summed E-state index contributed by atoms with van der Waals surface area (Å²) < 4.78 is 26.8. The lowest BCUT2D eigenvalue weighted by Gasteiger charge is -2.10. The molecule has 0 radical (unpaired) electrons. The Morgan fingerprint density at radius 3 is 2.28 bits per heavy atom. The molecule has 3 heterocycles. The molecule has 0 unspecified atom stereocenters. The van der Waals surface area contributed by atoms with E-state index in [0.29, 0.717) is 15.5 Å². The van der Waals surface area contributed by atoms with Crippen molar-refractivity contribution in [2.75, 3.05) is 5.32 Å². The van der Waals surface area contributed by atoms with Gasteiger partial charge in [-0.2, -0.15) is 0 Å². The van der Waals surface area contributed by atoms with Gasteiger partial charge in [0.05, 0.1) is 27.6 Å². The van der Waals surface area contributed by atoms with Crippen LogP contribution in [0.2, 0.25) is 8.93 Å². The van der Waals surface area contributed by atoms with Crippen molar-refractivity contribution >= 4 is 73.2 Å². The summed E-state index contributed by atoms with van der Waals surface area (Å²) in [6.07, 6.45) is 3.25.